The summed E-state index contributed by atoms with van der Waals surface area (Å²) in [5.74, 6) is -1.43. The van der Waals surface area contributed by atoms with Gasteiger partial charge in [-0.2, -0.15) is 0 Å². The molecule has 2 aromatic heterocycles. The van der Waals surface area contributed by atoms with Gasteiger partial charge in [0, 0.05) is 24.1 Å². The van der Waals surface area contributed by atoms with Gasteiger partial charge >= 0.3 is 11.7 Å². The Bertz CT molecular complexity index is 1470. The van der Waals surface area contributed by atoms with Crippen LogP contribution in [0.5, 0.6) is 0 Å². The van der Waals surface area contributed by atoms with Gasteiger partial charge in [-0.3, -0.25) is 23.9 Å². The minimum Gasteiger partial charge on any atom is -0.455 e. The summed E-state index contributed by atoms with van der Waals surface area (Å²) in [5, 5.41) is 0.892. The summed E-state index contributed by atoms with van der Waals surface area (Å²) >= 11 is 0. The SMILES string of the molecule is CN(C(=O)COC(=O)Cc1c[nH]c2ccccc12)c1c(N)n(Cc2ccccc2)c(=O)[nH]c1=O. The van der Waals surface area contributed by atoms with Gasteiger partial charge in [0.1, 0.15) is 5.82 Å². The number of nitrogens with one attached hydrogen (secondary N) is 2. The number of nitrogens with two attached hydrogens (primary N) is 1. The van der Waals surface area contributed by atoms with Crippen molar-refractivity contribution in [3.63, 3.8) is 0 Å². The van der Waals surface area contributed by atoms with Crippen molar-refractivity contribution >= 4 is 34.3 Å². The number of carbonyl (C=O) groups excluding carboxylic acids is 2. The zero-order valence-corrected chi connectivity index (χ0v) is 18.4. The average Bonchev–Trinajstić information content (AvgIpc) is 3.23. The maximum Gasteiger partial charge on any atom is 0.330 e. The summed E-state index contributed by atoms with van der Waals surface area (Å²) in [6.45, 7) is -0.481. The highest BCUT2D eigenvalue weighted by Crippen LogP contribution is 2.19. The van der Waals surface area contributed by atoms with Crippen LogP contribution in [0.25, 0.3) is 10.9 Å². The van der Waals surface area contributed by atoms with Gasteiger partial charge in [-0.1, -0.05) is 48.5 Å². The number of carbonyl (C=O) groups is 2. The van der Waals surface area contributed by atoms with Gasteiger partial charge in [0.25, 0.3) is 11.5 Å². The summed E-state index contributed by atoms with van der Waals surface area (Å²) in [7, 11) is 1.33. The van der Waals surface area contributed by atoms with Gasteiger partial charge in [-0.25, -0.2) is 4.79 Å². The third-order valence-electron chi connectivity index (χ3n) is 5.47. The van der Waals surface area contributed by atoms with Crippen LogP contribution in [0, 0.1) is 0 Å². The van der Waals surface area contributed by atoms with E-state index in [1.807, 2.05) is 42.5 Å². The molecule has 0 saturated carbocycles. The topological polar surface area (TPSA) is 143 Å². The molecule has 0 saturated heterocycles. The molecular weight excluding hydrogens is 438 g/mol. The number of hydrogen-bond acceptors (Lipinski definition) is 6. The van der Waals surface area contributed by atoms with Crippen LogP contribution >= 0.6 is 0 Å². The molecule has 1 amide bonds. The fourth-order valence-corrected chi connectivity index (χ4v) is 3.67. The van der Waals surface area contributed by atoms with Crippen molar-refractivity contribution in [2.45, 2.75) is 13.0 Å². The first-order valence-electron chi connectivity index (χ1n) is 10.5. The molecule has 34 heavy (non-hydrogen) atoms. The summed E-state index contributed by atoms with van der Waals surface area (Å²) < 4.78 is 6.30. The Morgan fingerprint density at radius 2 is 1.76 bits per heavy atom. The molecule has 10 heteroatoms. The van der Waals surface area contributed by atoms with Crippen LogP contribution in [-0.4, -0.2) is 40.1 Å². The minimum absolute atomic E-state index is 0.0221. The number of nitrogen functional groups attached to an aromatic ring is 1. The molecule has 0 bridgehead atoms. The first-order chi connectivity index (χ1) is 16.3. The number of hydrogen-bond donors (Lipinski definition) is 3. The first kappa shape index (κ1) is 22.6. The normalized spacial score (nSPS) is 10.9. The molecule has 4 N–H and O–H groups in total. The van der Waals surface area contributed by atoms with Gasteiger partial charge in [0.2, 0.25) is 0 Å². The van der Waals surface area contributed by atoms with E-state index >= 15 is 0 Å². The molecular formula is C24H23N5O5. The number of nitrogens with zero attached hydrogens (tertiary/aromatic N) is 2. The highest BCUT2D eigenvalue weighted by atomic mass is 16.5. The van der Waals surface area contributed by atoms with E-state index in [1.54, 1.807) is 18.3 Å². The molecule has 2 aromatic carbocycles. The third kappa shape index (κ3) is 4.60. The van der Waals surface area contributed by atoms with Gasteiger partial charge in [0.15, 0.2) is 12.3 Å². The molecule has 0 aliphatic rings. The van der Waals surface area contributed by atoms with Crippen molar-refractivity contribution in [2.24, 2.45) is 0 Å². The molecule has 2 heterocycles. The maximum atomic E-state index is 12.7. The van der Waals surface area contributed by atoms with E-state index < -0.39 is 29.7 Å². The van der Waals surface area contributed by atoms with Gasteiger partial charge in [0.05, 0.1) is 13.0 Å². The van der Waals surface area contributed by atoms with Gasteiger partial charge in [-0.15, -0.1) is 0 Å². The number of esters is 1. The van der Waals surface area contributed by atoms with E-state index in [4.69, 9.17) is 10.5 Å². The largest absolute Gasteiger partial charge is 0.455 e. The molecule has 0 unspecified atom stereocenters. The van der Waals surface area contributed by atoms with Crippen molar-refractivity contribution in [2.75, 3.05) is 24.3 Å². The lowest BCUT2D eigenvalue weighted by Crippen LogP contribution is -2.40. The number of rotatable bonds is 7. The number of likely N-dealkylation sites (N-methyl/N-ethyl adjacent to an activating group) is 1. The van der Waals surface area contributed by atoms with Crippen LogP contribution in [0.3, 0.4) is 0 Å². The highest BCUT2D eigenvalue weighted by molar-refractivity contribution is 5.97. The Morgan fingerprint density at radius 3 is 2.53 bits per heavy atom. The Hall–Kier alpha value is -4.60. The number of fused-ring (bicyclic) bond motifs is 1. The quantitative estimate of drug-likeness (QED) is 0.355. The van der Waals surface area contributed by atoms with Crippen LogP contribution in [-0.2, 0) is 27.3 Å². The summed E-state index contributed by atoms with van der Waals surface area (Å²) in [6.07, 6.45) is 1.70. The fourth-order valence-electron chi connectivity index (χ4n) is 3.67. The van der Waals surface area contributed by atoms with Crippen molar-refractivity contribution in [1.29, 1.82) is 0 Å². The van der Waals surface area contributed by atoms with Crippen LogP contribution in [0.2, 0.25) is 0 Å². The molecule has 4 rings (SSSR count). The molecule has 0 fully saturated rings. The lowest BCUT2D eigenvalue weighted by atomic mass is 10.1. The number of aromatic amines is 2. The van der Waals surface area contributed by atoms with Crippen molar-refractivity contribution in [3.8, 4) is 0 Å². The Morgan fingerprint density at radius 1 is 1.06 bits per heavy atom. The van der Waals surface area contributed by atoms with E-state index in [0.717, 1.165) is 26.9 Å². The smallest absolute Gasteiger partial charge is 0.330 e. The van der Waals surface area contributed by atoms with Crippen molar-refractivity contribution in [3.05, 3.63) is 92.8 Å². The fraction of sp³-hybridized carbons (Fsp3) is 0.167. The number of benzene rings is 2. The molecule has 4 aromatic rings. The molecule has 0 spiro atoms. The zero-order valence-electron chi connectivity index (χ0n) is 18.4. The Kier molecular flexibility index (Phi) is 6.30. The zero-order chi connectivity index (χ0) is 24.2. The van der Waals surface area contributed by atoms with E-state index in [0.29, 0.717) is 0 Å². The van der Waals surface area contributed by atoms with Crippen LogP contribution in [0.1, 0.15) is 11.1 Å². The number of para-hydroxylation sites is 1. The summed E-state index contributed by atoms with van der Waals surface area (Å²) in [5.41, 5.74) is 6.82. The lowest BCUT2D eigenvalue weighted by molar-refractivity contribution is -0.147. The van der Waals surface area contributed by atoms with Gasteiger partial charge in [-0.05, 0) is 17.2 Å². The van der Waals surface area contributed by atoms with Crippen LogP contribution in [0.15, 0.2) is 70.4 Å². The second kappa shape index (κ2) is 9.49. The minimum atomic E-state index is -0.812. The van der Waals surface area contributed by atoms with E-state index in [9.17, 15) is 19.2 Å². The lowest BCUT2D eigenvalue weighted by Gasteiger charge is -2.20. The predicted octanol–water partition coefficient (Wildman–Crippen LogP) is 1.40. The van der Waals surface area contributed by atoms with Crippen molar-refractivity contribution < 1.29 is 14.3 Å². The number of amides is 1. The summed E-state index contributed by atoms with van der Waals surface area (Å²) in [4.78, 5) is 56.0. The number of aromatic nitrogens is 3. The van der Waals surface area contributed by atoms with E-state index in [2.05, 4.69) is 9.97 Å². The second-order valence-electron chi connectivity index (χ2n) is 7.71. The average molecular weight is 461 g/mol. The molecule has 0 radical (unpaired) electrons. The standard InChI is InChI=1S/C24H23N5O5/c1-28(19(30)14-34-20(31)11-16-12-26-18-10-6-5-9-17(16)18)21-22(25)29(24(33)27-23(21)32)13-15-7-3-2-4-8-15/h2-10,12,26H,11,13-14,25H2,1H3,(H,27,32,33). The first-order valence-corrected chi connectivity index (χ1v) is 10.5. The molecule has 0 aliphatic carbocycles. The predicted molar refractivity (Wildman–Crippen MR) is 128 cm³/mol. The number of H-pyrrole nitrogens is 2. The second-order valence-corrected chi connectivity index (χ2v) is 7.71. The molecule has 10 nitrogen and oxygen atoms in total. The maximum absolute atomic E-state index is 12.7. The Balaban J connectivity index is 1.46. The highest BCUT2D eigenvalue weighted by Gasteiger charge is 2.22. The van der Waals surface area contributed by atoms with Crippen LogP contribution < -0.4 is 21.9 Å². The molecule has 0 aliphatic heterocycles. The summed E-state index contributed by atoms with van der Waals surface area (Å²) in [6, 6.07) is 16.6. The third-order valence-corrected chi connectivity index (χ3v) is 5.47. The number of anilines is 2. The van der Waals surface area contributed by atoms with E-state index in [-0.39, 0.29) is 24.5 Å². The molecule has 174 valence electrons. The van der Waals surface area contributed by atoms with Gasteiger partial charge < -0.3 is 20.4 Å². The van der Waals surface area contributed by atoms with E-state index in [1.165, 1.54) is 11.6 Å². The molecule has 0 atom stereocenters. The monoisotopic (exact) mass is 461 g/mol. The van der Waals surface area contributed by atoms with Crippen molar-refractivity contribution in [1.82, 2.24) is 14.5 Å². The number of ether oxygens (including phenoxy) is 1. The Labute approximate surface area is 193 Å². The van der Waals surface area contributed by atoms with Crippen LogP contribution in [0.4, 0.5) is 11.5 Å².